The highest BCUT2D eigenvalue weighted by Crippen LogP contribution is 2.14. The first-order valence-electron chi connectivity index (χ1n) is 3.40. The summed E-state index contributed by atoms with van der Waals surface area (Å²) >= 11 is 11.3. The molecule has 4 heteroatoms. The van der Waals surface area contributed by atoms with Gasteiger partial charge in [0.1, 0.15) is 5.17 Å². The molecule has 0 aliphatic carbocycles. The topological polar surface area (TPSA) is 24.4 Å². The number of benzene rings is 1. The van der Waals surface area contributed by atoms with Gasteiger partial charge in [0.2, 0.25) is 0 Å². The summed E-state index contributed by atoms with van der Waals surface area (Å²) in [5.74, 6) is 0. The van der Waals surface area contributed by atoms with Crippen LogP contribution < -0.4 is 5.43 Å². The molecule has 2 nitrogen and oxygen atoms in total. The van der Waals surface area contributed by atoms with Crippen molar-refractivity contribution in [3.63, 3.8) is 0 Å². The Balaban J connectivity index is 2.70. The molecular formula is C8H8Cl2N2. The fourth-order valence-electron chi connectivity index (χ4n) is 0.700. The van der Waals surface area contributed by atoms with Crippen LogP contribution in [0.4, 0.5) is 5.69 Å². The standard InChI is InChI=1S/C8H8Cl2N2/c1-6(9)11-12-8-4-2-3-7(10)5-8/h2-5,12H,1H3/b11-6-. The van der Waals surface area contributed by atoms with Gasteiger partial charge in [-0.05, 0) is 25.1 Å². The Morgan fingerprint density at radius 3 is 2.83 bits per heavy atom. The molecule has 1 aromatic carbocycles. The molecule has 0 bridgehead atoms. The summed E-state index contributed by atoms with van der Waals surface area (Å²) < 4.78 is 0. The fourth-order valence-corrected chi connectivity index (χ4v) is 0.932. The quantitative estimate of drug-likeness (QED) is 0.578. The van der Waals surface area contributed by atoms with Crippen LogP contribution in [0.5, 0.6) is 0 Å². The van der Waals surface area contributed by atoms with Gasteiger partial charge in [0, 0.05) is 5.02 Å². The number of hydrazone groups is 1. The lowest BCUT2D eigenvalue weighted by molar-refractivity contribution is 1.34. The van der Waals surface area contributed by atoms with E-state index in [1.54, 1.807) is 19.1 Å². The second-order valence-corrected chi connectivity index (χ2v) is 3.21. The molecule has 1 rings (SSSR count). The molecule has 0 spiro atoms. The molecule has 0 aliphatic rings. The normalized spacial score (nSPS) is 11.4. The largest absolute Gasteiger partial charge is 0.277 e. The van der Waals surface area contributed by atoms with E-state index in [0.29, 0.717) is 10.2 Å². The van der Waals surface area contributed by atoms with Gasteiger partial charge in [0.25, 0.3) is 0 Å². The maximum Gasteiger partial charge on any atom is 0.123 e. The third-order valence-corrected chi connectivity index (χ3v) is 1.48. The Bertz CT molecular complexity index is 293. The van der Waals surface area contributed by atoms with Crippen molar-refractivity contribution in [2.45, 2.75) is 6.92 Å². The smallest absolute Gasteiger partial charge is 0.123 e. The summed E-state index contributed by atoms with van der Waals surface area (Å²) in [4.78, 5) is 0. The molecule has 0 fully saturated rings. The third-order valence-electron chi connectivity index (χ3n) is 1.16. The lowest BCUT2D eigenvalue weighted by Gasteiger charge is -1.99. The van der Waals surface area contributed by atoms with E-state index in [1.165, 1.54) is 0 Å². The number of halogens is 2. The lowest BCUT2D eigenvalue weighted by atomic mass is 10.3. The molecule has 0 saturated heterocycles. The van der Waals surface area contributed by atoms with Crippen LogP contribution in [0.1, 0.15) is 6.92 Å². The van der Waals surface area contributed by atoms with Crippen LogP contribution in [0, 0.1) is 0 Å². The minimum atomic E-state index is 0.454. The van der Waals surface area contributed by atoms with Crippen LogP contribution in [-0.4, -0.2) is 5.17 Å². The van der Waals surface area contributed by atoms with E-state index >= 15 is 0 Å². The van der Waals surface area contributed by atoms with Gasteiger partial charge >= 0.3 is 0 Å². The van der Waals surface area contributed by atoms with Crippen LogP contribution in [0.25, 0.3) is 0 Å². The number of nitrogens with one attached hydrogen (secondary N) is 1. The Labute approximate surface area is 81.2 Å². The highest BCUT2D eigenvalue weighted by atomic mass is 35.5. The summed E-state index contributed by atoms with van der Waals surface area (Å²) in [7, 11) is 0. The maximum atomic E-state index is 5.74. The predicted octanol–water partition coefficient (Wildman–Crippen LogP) is 3.32. The van der Waals surface area contributed by atoms with E-state index in [0.717, 1.165) is 5.69 Å². The summed E-state index contributed by atoms with van der Waals surface area (Å²) in [6.07, 6.45) is 0. The van der Waals surface area contributed by atoms with Crippen molar-refractivity contribution < 1.29 is 0 Å². The Morgan fingerprint density at radius 1 is 1.50 bits per heavy atom. The number of rotatable bonds is 2. The van der Waals surface area contributed by atoms with Crippen LogP contribution in [0.2, 0.25) is 5.02 Å². The van der Waals surface area contributed by atoms with Gasteiger partial charge in [-0.2, -0.15) is 5.10 Å². The summed E-state index contributed by atoms with van der Waals surface area (Å²) in [5, 5.41) is 4.93. The molecule has 0 aromatic heterocycles. The van der Waals surface area contributed by atoms with Gasteiger partial charge in [-0.1, -0.05) is 29.3 Å². The van der Waals surface area contributed by atoms with Crippen molar-refractivity contribution in [2.75, 3.05) is 5.43 Å². The van der Waals surface area contributed by atoms with Crippen molar-refractivity contribution >= 4 is 34.1 Å². The zero-order valence-electron chi connectivity index (χ0n) is 6.51. The molecule has 0 radical (unpaired) electrons. The summed E-state index contributed by atoms with van der Waals surface area (Å²) in [6, 6.07) is 7.26. The SMILES string of the molecule is C/C(Cl)=N/Nc1cccc(Cl)c1. The first-order chi connectivity index (χ1) is 5.68. The van der Waals surface area contributed by atoms with E-state index in [9.17, 15) is 0 Å². The molecule has 0 amide bonds. The van der Waals surface area contributed by atoms with Crippen LogP contribution in [-0.2, 0) is 0 Å². The first kappa shape index (κ1) is 9.36. The molecule has 1 aromatic rings. The minimum Gasteiger partial charge on any atom is -0.277 e. The second-order valence-electron chi connectivity index (χ2n) is 2.23. The monoisotopic (exact) mass is 202 g/mol. The molecule has 12 heavy (non-hydrogen) atoms. The van der Waals surface area contributed by atoms with E-state index in [4.69, 9.17) is 23.2 Å². The van der Waals surface area contributed by atoms with E-state index in [2.05, 4.69) is 10.5 Å². The minimum absolute atomic E-state index is 0.454. The van der Waals surface area contributed by atoms with E-state index in [-0.39, 0.29) is 0 Å². The van der Waals surface area contributed by atoms with E-state index < -0.39 is 0 Å². The van der Waals surface area contributed by atoms with Crippen molar-refractivity contribution in [3.8, 4) is 0 Å². The average molecular weight is 203 g/mol. The maximum absolute atomic E-state index is 5.74. The number of nitrogens with zero attached hydrogens (tertiary/aromatic N) is 1. The van der Waals surface area contributed by atoms with E-state index in [1.807, 2.05) is 12.1 Å². The number of hydrogen-bond acceptors (Lipinski definition) is 2. The predicted molar refractivity (Wildman–Crippen MR) is 54.0 cm³/mol. The first-order valence-corrected chi connectivity index (χ1v) is 4.15. The van der Waals surface area contributed by atoms with Gasteiger partial charge in [0.15, 0.2) is 0 Å². The Hall–Kier alpha value is -0.730. The van der Waals surface area contributed by atoms with Crippen molar-refractivity contribution in [3.05, 3.63) is 29.3 Å². The Kier molecular flexibility index (Phi) is 3.38. The fraction of sp³-hybridized carbons (Fsp3) is 0.125. The number of hydrogen-bond donors (Lipinski definition) is 1. The molecular weight excluding hydrogens is 195 g/mol. The summed E-state index contributed by atoms with van der Waals surface area (Å²) in [5.41, 5.74) is 3.58. The van der Waals surface area contributed by atoms with Gasteiger partial charge in [-0.3, -0.25) is 5.43 Å². The van der Waals surface area contributed by atoms with Gasteiger partial charge in [-0.15, -0.1) is 0 Å². The number of anilines is 1. The molecule has 1 N–H and O–H groups in total. The molecule has 0 aliphatic heterocycles. The van der Waals surface area contributed by atoms with Crippen molar-refractivity contribution in [2.24, 2.45) is 5.10 Å². The molecule has 64 valence electrons. The highest BCUT2D eigenvalue weighted by Gasteiger charge is 1.90. The lowest BCUT2D eigenvalue weighted by Crippen LogP contribution is -1.90. The Morgan fingerprint density at radius 2 is 2.25 bits per heavy atom. The van der Waals surface area contributed by atoms with Crippen LogP contribution in [0.3, 0.4) is 0 Å². The summed E-state index contributed by atoms with van der Waals surface area (Å²) in [6.45, 7) is 1.69. The van der Waals surface area contributed by atoms with Gasteiger partial charge in [-0.25, -0.2) is 0 Å². The zero-order valence-corrected chi connectivity index (χ0v) is 8.02. The molecule has 0 unspecified atom stereocenters. The van der Waals surface area contributed by atoms with Crippen molar-refractivity contribution in [1.82, 2.24) is 0 Å². The third kappa shape index (κ3) is 3.11. The zero-order chi connectivity index (χ0) is 8.97. The highest BCUT2D eigenvalue weighted by molar-refractivity contribution is 6.64. The van der Waals surface area contributed by atoms with Crippen LogP contribution >= 0.6 is 23.2 Å². The average Bonchev–Trinajstić information content (AvgIpc) is 2.01. The molecule has 0 atom stereocenters. The van der Waals surface area contributed by atoms with Gasteiger partial charge in [0.05, 0.1) is 5.69 Å². The molecule has 0 heterocycles. The molecule has 0 saturated carbocycles. The second kappa shape index (κ2) is 4.33. The van der Waals surface area contributed by atoms with Crippen molar-refractivity contribution in [1.29, 1.82) is 0 Å². The van der Waals surface area contributed by atoms with Gasteiger partial charge < -0.3 is 0 Å². The van der Waals surface area contributed by atoms with Crippen LogP contribution in [0.15, 0.2) is 29.4 Å².